The van der Waals surface area contributed by atoms with E-state index < -0.39 is 5.54 Å². The van der Waals surface area contributed by atoms with Crippen molar-refractivity contribution in [3.8, 4) is 0 Å². The van der Waals surface area contributed by atoms with Gasteiger partial charge in [-0.05, 0) is 38.2 Å². The largest absolute Gasteiger partial charge is 0.341 e. The van der Waals surface area contributed by atoms with E-state index in [1.807, 2.05) is 11.9 Å². The van der Waals surface area contributed by atoms with Crippen LogP contribution in [0.15, 0.2) is 30.3 Å². The predicted octanol–water partition coefficient (Wildman–Crippen LogP) is 4.00. The van der Waals surface area contributed by atoms with Gasteiger partial charge in [0.1, 0.15) is 0 Å². The molecule has 2 unspecified atom stereocenters. The van der Waals surface area contributed by atoms with Crippen molar-refractivity contribution in [1.82, 2.24) is 9.80 Å². The molecule has 2 aliphatic rings. The molecule has 1 aromatic rings. The van der Waals surface area contributed by atoms with Crippen molar-refractivity contribution >= 4 is 30.7 Å². The van der Waals surface area contributed by atoms with Gasteiger partial charge in [-0.15, -0.1) is 24.8 Å². The Morgan fingerprint density at radius 3 is 2.41 bits per heavy atom. The molecule has 1 aromatic carbocycles. The minimum atomic E-state index is -0.614. The Kier molecular flexibility index (Phi) is 9.56. The number of hydrogen-bond acceptors (Lipinski definition) is 3. The van der Waals surface area contributed by atoms with Crippen molar-refractivity contribution < 1.29 is 4.79 Å². The summed E-state index contributed by atoms with van der Waals surface area (Å²) in [7, 11) is 1.97. The molecule has 6 heteroatoms. The molecule has 1 amide bonds. The van der Waals surface area contributed by atoms with Gasteiger partial charge < -0.3 is 10.6 Å². The van der Waals surface area contributed by atoms with Crippen molar-refractivity contribution in [1.29, 1.82) is 0 Å². The Balaban J connectivity index is 0.00000182. The van der Waals surface area contributed by atoms with E-state index in [0.29, 0.717) is 12.1 Å². The predicted molar refractivity (Wildman–Crippen MR) is 117 cm³/mol. The van der Waals surface area contributed by atoms with Gasteiger partial charge in [0, 0.05) is 32.2 Å². The highest BCUT2D eigenvalue weighted by atomic mass is 35.5. The molecule has 2 N–H and O–H groups in total. The summed E-state index contributed by atoms with van der Waals surface area (Å²) in [6.45, 7) is 4.31. The molecule has 1 saturated heterocycles. The topological polar surface area (TPSA) is 49.6 Å². The number of hydrogen-bond donors (Lipinski definition) is 1. The zero-order chi connectivity index (χ0) is 17.9. The van der Waals surface area contributed by atoms with Crippen LogP contribution >= 0.6 is 24.8 Å². The van der Waals surface area contributed by atoms with Crippen molar-refractivity contribution in [3.63, 3.8) is 0 Å². The summed E-state index contributed by atoms with van der Waals surface area (Å²) in [5, 5.41) is 0. The molecule has 27 heavy (non-hydrogen) atoms. The van der Waals surface area contributed by atoms with Crippen LogP contribution in [0.25, 0.3) is 0 Å². The van der Waals surface area contributed by atoms with Crippen LogP contribution in [0.3, 0.4) is 0 Å². The number of halogens is 2. The fraction of sp³-hybridized carbons (Fsp3) is 0.667. The molecule has 1 saturated carbocycles. The van der Waals surface area contributed by atoms with Gasteiger partial charge >= 0.3 is 0 Å². The fourth-order valence-electron chi connectivity index (χ4n) is 4.51. The summed E-state index contributed by atoms with van der Waals surface area (Å²) in [6, 6.07) is 11.4. The minimum Gasteiger partial charge on any atom is -0.341 e. The van der Waals surface area contributed by atoms with E-state index in [4.69, 9.17) is 5.73 Å². The van der Waals surface area contributed by atoms with Crippen molar-refractivity contribution in [3.05, 3.63) is 35.9 Å². The number of nitrogens with two attached hydrogens (primary N) is 1. The van der Waals surface area contributed by atoms with Crippen LogP contribution in [0, 0.1) is 0 Å². The van der Waals surface area contributed by atoms with Gasteiger partial charge in [0.25, 0.3) is 0 Å². The molecule has 0 bridgehead atoms. The smallest absolute Gasteiger partial charge is 0.242 e. The summed E-state index contributed by atoms with van der Waals surface area (Å²) in [6.07, 6.45) is 7.15. The van der Waals surface area contributed by atoms with Gasteiger partial charge in [-0.3, -0.25) is 9.69 Å². The van der Waals surface area contributed by atoms with Crippen molar-refractivity contribution in [2.75, 3.05) is 13.6 Å². The SMILES string of the molecule is CC1CC(N(C)C(=O)C2(N)CCCCC2)CCN1Cc1ccccc1.Cl.Cl. The number of piperidine rings is 1. The highest BCUT2D eigenvalue weighted by Crippen LogP contribution is 2.30. The first-order valence-electron chi connectivity index (χ1n) is 9.84. The van der Waals surface area contributed by atoms with Crippen LogP contribution in [0.2, 0.25) is 0 Å². The van der Waals surface area contributed by atoms with E-state index in [0.717, 1.165) is 51.6 Å². The standard InChI is InChI=1S/C21H33N3O.2ClH/c1-17-15-19(11-14-24(17)16-18-9-5-3-6-10-18)23(2)20(25)21(22)12-7-4-8-13-21;;/h3,5-6,9-10,17,19H,4,7-8,11-16,22H2,1-2H3;2*1H. The quantitative estimate of drug-likeness (QED) is 0.807. The summed E-state index contributed by atoms with van der Waals surface area (Å²) in [5.41, 5.74) is 7.22. The molecule has 154 valence electrons. The van der Waals surface area contributed by atoms with Crippen LogP contribution in [0.4, 0.5) is 0 Å². The van der Waals surface area contributed by atoms with Crippen LogP contribution in [-0.2, 0) is 11.3 Å². The van der Waals surface area contributed by atoms with Gasteiger partial charge in [0.15, 0.2) is 0 Å². The second kappa shape index (κ2) is 10.7. The second-order valence-electron chi connectivity index (χ2n) is 8.12. The number of amides is 1. The van der Waals surface area contributed by atoms with Crippen LogP contribution < -0.4 is 5.73 Å². The maximum absolute atomic E-state index is 13.0. The average molecular weight is 416 g/mol. The molecule has 1 aliphatic carbocycles. The van der Waals surface area contributed by atoms with Gasteiger partial charge in [0.05, 0.1) is 5.54 Å². The average Bonchev–Trinajstić information content (AvgIpc) is 2.63. The van der Waals surface area contributed by atoms with Crippen LogP contribution in [0.5, 0.6) is 0 Å². The zero-order valence-electron chi connectivity index (χ0n) is 16.6. The third kappa shape index (κ3) is 5.83. The summed E-state index contributed by atoms with van der Waals surface area (Å²) in [4.78, 5) is 17.5. The lowest BCUT2D eigenvalue weighted by Crippen LogP contribution is -2.59. The number of benzene rings is 1. The van der Waals surface area contributed by atoms with Gasteiger partial charge in [-0.1, -0.05) is 49.6 Å². The van der Waals surface area contributed by atoms with Gasteiger partial charge in [0.2, 0.25) is 5.91 Å². The number of carbonyl (C=O) groups is 1. The number of rotatable bonds is 4. The second-order valence-corrected chi connectivity index (χ2v) is 8.12. The fourth-order valence-corrected chi connectivity index (χ4v) is 4.51. The molecule has 2 fully saturated rings. The number of nitrogens with zero attached hydrogens (tertiary/aromatic N) is 2. The molecule has 3 rings (SSSR count). The monoisotopic (exact) mass is 415 g/mol. The molecule has 0 spiro atoms. The molecular weight excluding hydrogens is 381 g/mol. The Labute approximate surface area is 176 Å². The first-order chi connectivity index (χ1) is 12.0. The van der Waals surface area contributed by atoms with Crippen LogP contribution in [-0.4, -0.2) is 46.9 Å². The van der Waals surface area contributed by atoms with Crippen molar-refractivity contribution in [2.24, 2.45) is 5.73 Å². The van der Waals surface area contributed by atoms with Gasteiger partial charge in [-0.25, -0.2) is 0 Å². The normalized spacial score (nSPS) is 25.0. The number of likely N-dealkylation sites (tertiary alicyclic amines) is 1. The zero-order valence-corrected chi connectivity index (χ0v) is 18.2. The molecule has 1 aliphatic heterocycles. The van der Waals surface area contributed by atoms with Gasteiger partial charge in [-0.2, -0.15) is 0 Å². The number of likely N-dealkylation sites (N-methyl/N-ethyl adjacent to an activating group) is 1. The first kappa shape index (κ1) is 24.2. The lowest BCUT2D eigenvalue weighted by molar-refractivity contribution is -0.140. The summed E-state index contributed by atoms with van der Waals surface area (Å²) >= 11 is 0. The van der Waals surface area contributed by atoms with Crippen molar-refractivity contribution in [2.45, 2.75) is 76.0 Å². The van der Waals surface area contributed by atoms with E-state index in [9.17, 15) is 4.79 Å². The van der Waals surface area contributed by atoms with E-state index >= 15 is 0 Å². The maximum Gasteiger partial charge on any atom is 0.242 e. The summed E-state index contributed by atoms with van der Waals surface area (Å²) in [5.74, 6) is 0.168. The molecule has 1 heterocycles. The first-order valence-corrected chi connectivity index (χ1v) is 9.84. The Hall–Kier alpha value is -0.810. The molecule has 0 aromatic heterocycles. The maximum atomic E-state index is 13.0. The summed E-state index contributed by atoms with van der Waals surface area (Å²) < 4.78 is 0. The Morgan fingerprint density at radius 1 is 1.19 bits per heavy atom. The molecular formula is C21H35Cl2N3O. The highest BCUT2D eigenvalue weighted by molar-refractivity contribution is 5.86. The Bertz CT molecular complexity index is 578. The van der Waals surface area contributed by atoms with E-state index in [2.05, 4.69) is 42.2 Å². The molecule has 2 atom stereocenters. The molecule has 0 radical (unpaired) electrons. The van der Waals surface area contributed by atoms with E-state index in [-0.39, 0.29) is 30.7 Å². The molecule has 4 nitrogen and oxygen atoms in total. The van der Waals surface area contributed by atoms with E-state index in [1.165, 1.54) is 12.0 Å². The third-order valence-corrected chi connectivity index (χ3v) is 6.25. The third-order valence-electron chi connectivity index (χ3n) is 6.25. The Morgan fingerprint density at radius 2 is 1.81 bits per heavy atom. The number of carbonyl (C=O) groups excluding carboxylic acids is 1. The lowest BCUT2D eigenvalue weighted by atomic mass is 9.81. The van der Waals surface area contributed by atoms with Crippen LogP contribution in [0.1, 0.15) is 57.4 Å². The van der Waals surface area contributed by atoms with E-state index in [1.54, 1.807) is 0 Å². The highest BCUT2D eigenvalue weighted by Gasteiger charge is 2.40. The lowest BCUT2D eigenvalue weighted by Gasteiger charge is -2.44. The minimum absolute atomic E-state index is 0.